The van der Waals surface area contributed by atoms with Crippen LogP contribution in [-0.2, 0) is 0 Å². The van der Waals surface area contributed by atoms with Crippen LogP contribution in [0.3, 0.4) is 0 Å². The van der Waals surface area contributed by atoms with Crippen molar-refractivity contribution in [3.63, 3.8) is 0 Å². The van der Waals surface area contributed by atoms with Crippen LogP contribution in [-0.4, -0.2) is 24.1 Å². The van der Waals surface area contributed by atoms with Crippen LogP contribution in [0.1, 0.15) is 0 Å². The largest absolute Gasteiger partial charge is 0.456 e. The SMILES string of the molecule is c1ccc(-c2ccc(-c3ccccc3)c(-n3c4ccccc4c4ccc5c6ccccc6n(-c6nc(-c7ccccc7)nc(-c7ccc8oc9ccccc9c8c7)n6)c5c43)c2)cc1. The number of fused-ring (bicyclic) bond motifs is 10. The first-order valence-corrected chi connectivity index (χ1v) is 21.2. The summed E-state index contributed by atoms with van der Waals surface area (Å²) >= 11 is 0. The molecule has 0 aliphatic heterocycles. The summed E-state index contributed by atoms with van der Waals surface area (Å²) < 4.78 is 11.0. The summed E-state index contributed by atoms with van der Waals surface area (Å²) in [4.78, 5) is 16.0. The summed E-state index contributed by atoms with van der Waals surface area (Å²) in [5.74, 6) is 1.70. The molecule has 6 heteroatoms. The molecule has 0 amide bonds. The standard InChI is InChI=1S/C57H35N5O/c1-4-16-36(17-5-1)39-28-30-41(37-18-6-2-7-19-37)50(35-39)61-48-25-13-10-22-42(48)45-31-32-46-43-23-11-14-26-49(43)62(54(46)53(45)61)57-59-55(38-20-8-3-9-21-38)58-56(60-57)40-29-33-52-47(34-40)44-24-12-15-27-51(44)63-52/h1-35H. The molecule has 0 radical (unpaired) electrons. The van der Waals surface area contributed by atoms with Gasteiger partial charge in [-0.05, 0) is 59.2 Å². The molecule has 4 heterocycles. The van der Waals surface area contributed by atoms with Gasteiger partial charge in [0.2, 0.25) is 5.95 Å². The topological polar surface area (TPSA) is 61.7 Å². The third kappa shape index (κ3) is 5.55. The van der Waals surface area contributed by atoms with E-state index in [9.17, 15) is 0 Å². The van der Waals surface area contributed by atoms with Gasteiger partial charge >= 0.3 is 0 Å². The highest BCUT2D eigenvalue weighted by Crippen LogP contribution is 2.44. The van der Waals surface area contributed by atoms with Gasteiger partial charge < -0.3 is 8.98 Å². The lowest BCUT2D eigenvalue weighted by molar-refractivity contribution is 0.669. The molecular formula is C57H35N5O. The number of nitrogens with zero attached hydrogens (tertiary/aromatic N) is 5. The van der Waals surface area contributed by atoms with E-state index in [1.807, 2.05) is 48.5 Å². The Morgan fingerprint density at radius 3 is 1.54 bits per heavy atom. The fourth-order valence-electron chi connectivity index (χ4n) is 9.52. The van der Waals surface area contributed by atoms with Crippen LogP contribution in [0.4, 0.5) is 0 Å². The maximum atomic E-state index is 6.24. The average Bonchev–Trinajstić information content (AvgIpc) is 4.02. The number of hydrogen-bond acceptors (Lipinski definition) is 4. The molecule has 0 aliphatic carbocycles. The Kier molecular flexibility index (Phi) is 7.80. The van der Waals surface area contributed by atoms with E-state index in [-0.39, 0.29) is 0 Å². The molecule has 9 aromatic carbocycles. The lowest BCUT2D eigenvalue weighted by atomic mass is 9.98. The first-order valence-electron chi connectivity index (χ1n) is 21.2. The van der Waals surface area contributed by atoms with Gasteiger partial charge in [0.1, 0.15) is 11.2 Å². The summed E-state index contributed by atoms with van der Waals surface area (Å²) in [5, 5.41) is 6.59. The Morgan fingerprint density at radius 1 is 0.317 bits per heavy atom. The molecule has 294 valence electrons. The van der Waals surface area contributed by atoms with Gasteiger partial charge in [-0.1, -0.05) is 170 Å². The van der Waals surface area contributed by atoms with E-state index in [2.05, 4.69) is 173 Å². The van der Waals surface area contributed by atoms with Crippen molar-refractivity contribution in [3.05, 3.63) is 212 Å². The van der Waals surface area contributed by atoms with Gasteiger partial charge in [0.05, 0.1) is 27.8 Å². The summed E-state index contributed by atoms with van der Waals surface area (Å²) in [5.41, 5.74) is 13.3. The Hall–Kier alpha value is -8.61. The van der Waals surface area contributed by atoms with Crippen molar-refractivity contribution in [2.24, 2.45) is 0 Å². The molecule has 0 fully saturated rings. The Morgan fingerprint density at radius 2 is 0.841 bits per heavy atom. The van der Waals surface area contributed by atoms with E-state index in [1.54, 1.807) is 0 Å². The van der Waals surface area contributed by atoms with E-state index < -0.39 is 0 Å². The molecule has 0 unspecified atom stereocenters. The second-order valence-electron chi connectivity index (χ2n) is 16.0. The second kappa shape index (κ2) is 14.0. The number of furan rings is 1. The van der Waals surface area contributed by atoms with E-state index in [0.29, 0.717) is 17.6 Å². The summed E-state index contributed by atoms with van der Waals surface area (Å²) in [6.45, 7) is 0. The van der Waals surface area contributed by atoms with Crippen molar-refractivity contribution < 1.29 is 4.42 Å². The maximum absolute atomic E-state index is 6.24. The predicted molar refractivity (Wildman–Crippen MR) is 258 cm³/mol. The number of para-hydroxylation sites is 3. The van der Waals surface area contributed by atoms with Crippen molar-refractivity contribution in [2.75, 3.05) is 0 Å². The van der Waals surface area contributed by atoms with Crippen LogP contribution < -0.4 is 0 Å². The van der Waals surface area contributed by atoms with Gasteiger partial charge in [0.15, 0.2) is 11.6 Å². The highest BCUT2D eigenvalue weighted by atomic mass is 16.3. The molecule has 63 heavy (non-hydrogen) atoms. The number of hydrogen-bond donors (Lipinski definition) is 0. The van der Waals surface area contributed by atoms with Gasteiger partial charge in [0, 0.05) is 49.0 Å². The van der Waals surface area contributed by atoms with Crippen LogP contribution in [0.25, 0.3) is 122 Å². The predicted octanol–water partition coefficient (Wildman–Crippen LogP) is 14.6. The van der Waals surface area contributed by atoms with Gasteiger partial charge in [-0.25, -0.2) is 4.98 Å². The monoisotopic (exact) mass is 805 g/mol. The van der Waals surface area contributed by atoms with Crippen LogP contribution in [0.5, 0.6) is 0 Å². The molecule has 0 bridgehead atoms. The molecule has 0 atom stereocenters. The summed E-state index contributed by atoms with van der Waals surface area (Å²) in [6, 6.07) is 74.6. The van der Waals surface area contributed by atoms with Crippen LogP contribution in [0.15, 0.2) is 217 Å². The van der Waals surface area contributed by atoms with Crippen LogP contribution in [0.2, 0.25) is 0 Å². The van der Waals surface area contributed by atoms with Crippen LogP contribution >= 0.6 is 0 Å². The molecule has 0 saturated heterocycles. The Bertz CT molecular complexity index is 3900. The van der Waals surface area contributed by atoms with E-state index >= 15 is 0 Å². The first kappa shape index (κ1) is 35.2. The molecule has 4 aromatic heterocycles. The van der Waals surface area contributed by atoms with E-state index in [1.165, 1.54) is 0 Å². The lowest BCUT2D eigenvalue weighted by Gasteiger charge is -2.17. The molecular weight excluding hydrogens is 771 g/mol. The molecule has 0 saturated carbocycles. The smallest absolute Gasteiger partial charge is 0.238 e. The first-order chi connectivity index (χ1) is 31.2. The minimum absolute atomic E-state index is 0.535. The molecule has 13 rings (SSSR count). The highest BCUT2D eigenvalue weighted by Gasteiger charge is 2.25. The molecule has 6 nitrogen and oxygen atoms in total. The third-order valence-electron chi connectivity index (χ3n) is 12.4. The zero-order valence-electron chi connectivity index (χ0n) is 33.9. The molecule has 0 N–H and O–H groups in total. The second-order valence-corrected chi connectivity index (χ2v) is 16.0. The van der Waals surface area contributed by atoms with Crippen LogP contribution in [0, 0.1) is 0 Å². The van der Waals surface area contributed by atoms with E-state index in [4.69, 9.17) is 19.4 Å². The van der Waals surface area contributed by atoms with Crippen molar-refractivity contribution in [3.8, 4) is 56.7 Å². The molecule has 0 spiro atoms. The average molecular weight is 806 g/mol. The fourth-order valence-corrected chi connectivity index (χ4v) is 9.52. The zero-order valence-corrected chi connectivity index (χ0v) is 33.9. The minimum atomic E-state index is 0.535. The number of benzene rings is 9. The molecule has 0 aliphatic rings. The number of rotatable bonds is 6. The Balaban J connectivity index is 1.16. The van der Waals surface area contributed by atoms with Gasteiger partial charge in [-0.3, -0.25) is 4.57 Å². The quantitative estimate of drug-likeness (QED) is 0.168. The Labute approximate surface area is 361 Å². The zero-order chi connectivity index (χ0) is 41.4. The third-order valence-corrected chi connectivity index (χ3v) is 12.4. The normalized spacial score (nSPS) is 11.8. The number of aromatic nitrogens is 5. The highest BCUT2D eigenvalue weighted by molar-refractivity contribution is 6.24. The van der Waals surface area contributed by atoms with Gasteiger partial charge in [-0.15, -0.1) is 0 Å². The minimum Gasteiger partial charge on any atom is -0.456 e. The van der Waals surface area contributed by atoms with Gasteiger partial charge in [-0.2, -0.15) is 9.97 Å². The van der Waals surface area contributed by atoms with E-state index in [0.717, 1.165) is 105 Å². The molecule has 13 aromatic rings. The van der Waals surface area contributed by atoms with Crippen molar-refractivity contribution in [1.82, 2.24) is 24.1 Å². The van der Waals surface area contributed by atoms with Crippen molar-refractivity contribution in [1.29, 1.82) is 0 Å². The summed E-state index contributed by atoms with van der Waals surface area (Å²) in [6.07, 6.45) is 0. The van der Waals surface area contributed by atoms with Gasteiger partial charge in [0.25, 0.3) is 0 Å². The van der Waals surface area contributed by atoms with Crippen molar-refractivity contribution in [2.45, 2.75) is 0 Å². The summed E-state index contributed by atoms with van der Waals surface area (Å²) in [7, 11) is 0. The fraction of sp³-hybridized carbons (Fsp3) is 0. The van der Waals surface area contributed by atoms with Crippen molar-refractivity contribution >= 4 is 65.6 Å². The lowest BCUT2D eigenvalue weighted by Crippen LogP contribution is -2.07. The maximum Gasteiger partial charge on any atom is 0.238 e.